The van der Waals surface area contributed by atoms with Crippen molar-refractivity contribution in [3.8, 4) is 0 Å². The zero-order valence-corrected chi connectivity index (χ0v) is 17.2. The van der Waals surface area contributed by atoms with Crippen LogP contribution < -0.4 is 5.32 Å². The molecular formula is C23H28ClN3O. The number of carbonyl (C=O) groups excluding carboxylic acids is 1. The van der Waals surface area contributed by atoms with E-state index in [-0.39, 0.29) is 6.03 Å². The molecule has 28 heavy (non-hydrogen) atoms. The number of piperidine rings is 1. The first-order valence-corrected chi connectivity index (χ1v) is 10.6. The van der Waals surface area contributed by atoms with Gasteiger partial charge in [-0.1, -0.05) is 41.9 Å². The zero-order chi connectivity index (χ0) is 19.5. The normalized spacial score (nSPS) is 18.0. The van der Waals surface area contributed by atoms with Gasteiger partial charge in [0.1, 0.15) is 0 Å². The van der Waals surface area contributed by atoms with Crippen LogP contribution in [0.2, 0.25) is 5.02 Å². The highest BCUT2D eigenvalue weighted by Gasteiger charge is 2.26. The first-order valence-electron chi connectivity index (χ1n) is 10.2. The second-order valence-electron chi connectivity index (χ2n) is 8.03. The summed E-state index contributed by atoms with van der Waals surface area (Å²) in [5, 5.41) is 3.70. The molecule has 4 nitrogen and oxygen atoms in total. The van der Waals surface area contributed by atoms with Crippen LogP contribution in [0.15, 0.2) is 42.5 Å². The minimum Gasteiger partial charge on any atom is -0.325 e. The molecule has 2 aliphatic rings. The van der Waals surface area contributed by atoms with Gasteiger partial charge >= 0.3 is 6.03 Å². The first kappa shape index (κ1) is 19.3. The van der Waals surface area contributed by atoms with E-state index >= 15 is 0 Å². The Morgan fingerprint density at radius 1 is 1.07 bits per heavy atom. The van der Waals surface area contributed by atoms with Crippen molar-refractivity contribution < 1.29 is 4.79 Å². The minimum absolute atomic E-state index is 0.0179. The van der Waals surface area contributed by atoms with Gasteiger partial charge in [0.05, 0.1) is 0 Å². The molecule has 148 valence electrons. The molecule has 0 atom stereocenters. The van der Waals surface area contributed by atoms with Crippen molar-refractivity contribution in [2.75, 3.05) is 31.5 Å². The third-order valence-electron chi connectivity index (χ3n) is 6.14. The average molecular weight is 398 g/mol. The molecule has 2 amide bonds. The molecule has 2 aromatic carbocycles. The smallest absolute Gasteiger partial charge is 0.321 e. The lowest BCUT2D eigenvalue weighted by atomic mass is 9.94. The summed E-state index contributed by atoms with van der Waals surface area (Å²) in [6, 6.07) is 14.4. The summed E-state index contributed by atoms with van der Waals surface area (Å²) in [7, 11) is 0. The Hall–Kier alpha value is -2.04. The van der Waals surface area contributed by atoms with Gasteiger partial charge in [0.2, 0.25) is 0 Å². The molecule has 5 heteroatoms. The van der Waals surface area contributed by atoms with Gasteiger partial charge in [-0.05, 0) is 60.9 Å². The van der Waals surface area contributed by atoms with Gasteiger partial charge in [0, 0.05) is 43.4 Å². The number of nitrogens with one attached hydrogen (secondary N) is 1. The molecule has 0 spiro atoms. The van der Waals surface area contributed by atoms with E-state index in [2.05, 4.69) is 34.5 Å². The Morgan fingerprint density at radius 3 is 2.61 bits per heavy atom. The number of hydrogen-bond acceptors (Lipinski definition) is 2. The van der Waals surface area contributed by atoms with E-state index < -0.39 is 0 Å². The van der Waals surface area contributed by atoms with Crippen LogP contribution in [0.25, 0.3) is 0 Å². The lowest BCUT2D eigenvalue weighted by Gasteiger charge is -2.36. The lowest BCUT2D eigenvalue weighted by molar-refractivity contribution is 0.147. The maximum atomic E-state index is 12.6. The highest BCUT2D eigenvalue weighted by Crippen LogP contribution is 2.26. The molecule has 0 saturated carbocycles. The van der Waals surface area contributed by atoms with Crippen molar-refractivity contribution in [2.45, 2.75) is 32.7 Å². The molecule has 4 rings (SSSR count). The van der Waals surface area contributed by atoms with E-state index in [9.17, 15) is 4.79 Å². The third-order valence-corrected chi connectivity index (χ3v) is 6.55. The standard InChI is InChI=1S/C23H28ClN3O/c1-17-21(24)7-4-8-22(17)25-23(28)27-13-9-18(10-14-27)15-26-12-11-19-5-2-3-6-20(19)16-26/h2-8,18H,9-16H2,1H3,(H,25,28). The molecule has 2 aromatic rings. The fraction of sp³-hybridized carbons (Fsp3) is 0.435. The molecular weight excluding hydrogens is 370 g/mol. The van der Waals surface area contributed by atoms with Gasteiger partial charge in [-0.3, -0.25) is 4.90 Å². The van der Waals surface area contributed by atoms with Gasteiger partial charge in [0.25, 0.3) is 0 Å². The van der Waals surface area contributed by atoms with E-state index in [4.69, 9.17) is 11.6 Å². The second kappa shape index (κ2) is 8.54. The Bertz CT molecular complexity index is 845. The molecule has 0 bridgehead atoms. The largest absolute Gasteiger partial charge is 0.325 e. The van der Waals surface area contributed by atoms with Gasteiger partial charge in [0.15, 0.2) is 0 Å². The summed E-state index contributed by atoms with van der Waals surface area (Å²) in [5.41, 5.74) is 4.69. The Labute approximate surface area is 172 Å². The second-order valence-corrected chi connectivity index (χ2v) is 8.43. The fourth-order valence-corrected chi connectivity index (χ4v) is 4.51. The van der Waals surface area contributed by atoms with Crippen LogP contribution in [0, 0.1) is 12.8 Å². The molecule has 2 aliphatic heterocycles. The predicted molar refractivity (Wildman–Crippen MR) is 115 cm³/mol. The van der Waals surface area contributed by atoms with Crippen LogP contribution in [-0.2, 0) is 13.0 Å². The number of rotatable bonds is 3. The lowest BCUT2D eigenvalue weighted by Crippen LogP contribution is -2.44. The van der Waals surface area contributed by atoms with E-state index in [1.54, 1.807) is 0 Å². The molecule has 0 unspecified atom stereocenters. The summed E-state index contributed by atoms with van der Waals surface area (Å²) in [5.74, 6) is 0.669. The quantitative estimate of drug-likeness (QED) is 0.795. The Balaban J connectivity index is 1.27. The van der Waals surface area contributed by atoms with Crippen molar-refractivity contribution in [3.63, 3.8) is 0 Å². The van der Waals surface area contributed by atoms with Gasteiger partial charge < -0.3 is 10.2 Å². The van der Waals surface area contributed by atoms with Crippen LogP contribution in [0.4, 0.5) is 10.5 Å². The molecule has 1 saturated heterocycles. The van der Waals surface area contributed by atoms with Crippen molar-refractivity contribution >= 4 is 23.3 Å². The van der Waals surface area contributed by atoms with Crippen LogP contribution in [0.5, 0.6) is 0 Å². The fourth-order valence-electron chi connectivity index (χ4n) is 4.33. The number of carbonyl (C=O) groups is 1. The van der Waals surface area contributed by atoms with Gasteiger partial charge in [-0.15, -0.1) is 0 Å². The number of amides is 2. The molecule has 0 aliphatic carbocycles. The van der Waals surface area contributed by atoms with Crippen LogP contribution in [0.3, 0.4) is 0 Å². The highest BCUT2D eigenvalue weighted by molar-refractivity contribution is 6.31. The first-order chi connectivity index (χ1) is 13.6. The molecule has 1 fully saturated rings. The van der Waals surface area contributed by atoms with Crippen molar-refractivity contribution in [1.82, 2.24) is 9.80 Å². The van der Waals surface area contributed by atoms with Crippen molar-refractivity contribution in [2.24, 2.45) is 5.92 Å². The third kappa shape index (κ3) is 4.34. The highest BCUT2D eigenvalue weighted by atomic mass is 35.5. The van der Waals surface area contributed by atoms with E-state index in [0.29, 0.717) is 10.9 Å². The van der Waals surface area contributed by atoms with Crippen LogP contribution in [-0.4, -0.2) is 42.0 Å². The maximum Gasteiger partial charge on any atom is 0.321 e. The molecule has 1 N–H and O–H groups in total. The molecule has 0 radical (unpaired) electrons. The van der Waals surface area contributed by atoms with E-state index in [1.807, 2.05) is 30.0 Å². The number of nitrogens with zero attached hydrogens (tertiary/aromatic N) is 2. The van der Waals surface area contributed by atoms with Crippen LogP contribution in [0.1, 0.15) is 29.5 Å². The summed E-state index contributed by atoms with van der Waals surface area (Å²) >= 11 is 6.16. The Morgan fingerprint density at radius 2 is 1.82 bits per heavy atom. The monoisotopic (exact) mass is 397 g/mol. The average Bonchev–Trinajstić information content (AvgIpc) is 2.72. The zero-order valence-electron chi connectivity index (χ0n) is 16.5. The summed E-state index contributed by atoms with van der Waals surface area (Å²) in [4.78, 5) is 17.1. The summed E-state index contributed by atoms with van der Waals surface area (Å²) < 4.78 is 0. The predicted octanol–water partition coefficient (Wildman–Crippen LogP) is 4.95. The number of benzene rings is 2. The number of halogens is 1. The van der Waals surface area contributed by atoms with Crippen molar-refractivity contribution in [1.29, 1.82) is 0 Å². The van der Waals surface area contributed by atoms with Crippen LogP contribution >= 0.6 is 11.6 Å². The summed E-state index contributed by atoms with van der Waals surface area (Å²) in [6.45, 7) is 6.91. The van der Waals surface area contributed by atoms with Gasteiger partial charge in [-0.25, -0.2) is 4.79 Å². The van der Waals surface area contributed by atoms with Crippen molar-refractivity contribution in [3.05, 3.63) is 64.2 Å². The molecule has 2 heterocycles. The SMILES string of the molecule is Cc1c(Cl)cccc1NC(=O)N1CCC(CN2CCc3ccccc3C2)CC1. The number of fused-ring (bicyclic) bond motifs is 1. The summed E-state index contributed by atoms with van der Waals surface area (Å²) in [6.07, 6.45) is 3.29. The number of likely N-dealkylation sites (tertiary alicyclic amines) is 1. The number of anilines is 1. The number of hydrogen-bond donors (Lipinski definition) is 1. The minimum atomic E-state index is -0.0179. The topological polar surface area (TPSA) is 35.6 Å². The van der Waals surface area contributed by atoms with Gasteiger partial charge in [-0.2, -0.15) is 0 Å². The number of urea groups is 1. The Kier molecular flexibility index (Phi) is 5.88. The van der Waals surface area contributed by atoms with E-state index in [0.717, 1.165) is 63.2 Å². The molecule has 0 aromatic heterocycles. The van der Waals surface area contributed by atoms with E-state index in [1.165, 1.54) is 11.1 Å². The maximum absolute atomic E-state index is 12.6.